The molecule has 0 heterocycles. The van der Waals surface area contributed by atoms with Gasteiger partial charge in [-0.25, -0.2) is 0 Å². The second-order valence-corrected chi connectivity index (χ2v) is 8.84. The van der Waals surface area contributed by atoms with Gasteiger partial charge in [-0.05, 0) is 12.1 Å². The number of hydrogen-bond donors (Lipinski definition) is 0. The molecular weight excluding hydrogens is 260 g/mol. The standard InChI is InChI=1S/C18H39OSi/c1-3-5-7-9-11-13-15-17-20(19)18-16-14-12-10-8-6-4-2/h20H,3-18H2,1-2H3. The van der Waals surface area contributed by atoms with E-state index in [-0.39, 0.29) is 0 Å². The molecule has 0 aromatic rings. The van der Waals surface area contributed by atoms with Crippen LogP contribution in [0.15, 0.2) is 0 Å². The normalized spacial score (nSPS) is 11.4. The first kappa shape index (κ1) is 20.2. The zero-order chi connectivity index (χ0) is 14.9. The van der Waals surface area contributed by atoms with Crippen LogP contribution in [0.2, 0.25) is 12.1 Å². The maximum absolute atomic E-state index is 11.9. The molecule has 0 saturated heterocycles. The molecule has 0 atom stereocenters. The third-order valence-corrected chi connectivity index (χ3v) is 6.36. The molecule has 0 aliphatic heterocycles. The summed E-state index contributed by atoms with van der Waals surface area (Å²) < 4.78 is 0. The summed E-state index contributed by atoms with van der Waals surface area (Å²) in [6.45, 7) is 4.52. The van der Waals surface area contributed by atoms with Gasteiger partial charge in [-0.2, -0.15) is 0 Å². The van der Waals surface area contributed by atoms with Gasteiger partial charge >= 0.3 is 0 Å². The van der Waals surface area contributed by atoms with Crippen LogP contribution < -0.4 is 0 Å². The van der Waals surface area contributed by atoms with Crippen molar-refractivity contribution in [1.29, 1.82) is 0 Å². The molecule has 1 radical (unpaired) electrons. The van der Waals surface area contributed by atoms with Gasteiger partial charge in [0.15, 0.2) is 0 Å². The third kappa shape index (κ3) is 16.2. The lowest BCUT2D eigenvalue weighted by atomic mass is 10.1. The first-order valence-corrected chi connectivity index (χ1v) is 11.6. The molecule has 0 aromatic carbocycles. The lowest BCUT2D eigenvalue weighted by molar-refractivity contribution is 0.436. The Morgan fingerprint density at radius 1 is 0.500 bits per heavy atom. The van der Waals surface area contributed by atoms with Gasteiger partial charge < -0.3 is 4.80 Å². The fourth-order valence-electron chi connectivity index (χ4n) is 2.80. The minimum atomic E-state index is -1.58. The molecule has 121 valence electrons. The van der Waals surface area contributed by atoms with Gasteiger partial charge in [0.2, 0.25) is 9.04 Å². The summed E-state index contributed by atoms with van der Waals surface area (Å²) in [5.74, 6) is 0. The predicted octanol–water partition coefficient (Wildman–Crippen LogP) is 6.64. The van der Waals surface area contributed by atoms with Crippen molar-refractivity contribution in [1.82, 2.24) is 0 Å². The van der Waals surface area contributed by atoms with Gasteiger partial charge in [-0.1, -0.05) is 104 Å². The Hall–Kier alpha value is 0.177. The van der Waals surface area contributed by atoms with Crippen LogP contribution in [-0.2, 0) is 4.80 Å². The smallest absolute Gasteiger partial charge is 0.222 e. The van der Waals surface area contributed by atoms with Crippen LogP contribution in [0.1, 0.15) is 104 Å². The fourth-order valence-corrected chi connectivity index (χ4v) is 4.58. The maximum Gasteiger partial charge on any atom is 0.222 e. The molecule has 20 heavy (non-hydrogen) atoms. The van der Waals surface area contributed by atoms with E-state index >= 15 is 0 Å². The van der Waals surface area contributed by atoms with Crippen LogP contribution in [0.25, 0.3) is 0 Å². The number of rotatable bonds is 16. The zero-order valence-corrected chi connectivity index (χ0v) is 15.5. The Bertz CT molecular complexity index is 155. The maximum atomic E-state index is 11.9. The summed E-state index contributed by atoms with van der Waals surface area (Å²) >= 11 is 0. The molecule has 0 amide bonds. The molecule has 0 unspecified atom stereocenters. The van der Waals surface area contributed by atoms with Crippen molar-refractivity contribution in [2.75, 3.05) is 0 Å². The Morgan fingerprint density at radius 2 is 0.800 bits per heavy atom. The first-order chi connectivity index (χ1) is 9.81. The Kier molecular flexibility index (Phi) is 17.4. The van der Waals surface area contributed by atoms with Gasteiger partial charge in [-0.3, -0.25) is 0 Å². The molecule has 0 N–H and O–H groups in total. The van der Waals surface area contributed by atoms with E-state index in [0.717, 1.165) is 12.1 Å². The van der Waals surface area contributed by atoms with Gasteiger partial charge in [0, 0.05) is 0 Å². The van der Waals surface area contributed by atoms with Crippen LogP contribution in [0.4, 0.5) is 0 Å². The highest BCUT2D eigenvalue weighted by molar-refractivity contribution is 6.49. The minimum Gasteiger partial charge on any atom is -0.302 e. The highest BCUT2D eigenvalue weighted by atomic mass is 28.3. The van der Waals surface area contributed by atoms with Crippen LogP contribution in [-0.4, -0.2) is 9.04 Å². The van der Waals surface area contributed by atoms with E-state index in [2.05, 4.69) is 13.8 Å². The van der Waals surface area contributed by atoms with E-state index in [1.807, 2.05) is 0 Å². The first-order valence-electron chi connectivity index (χ1n) is 9.47. The van der Waals surface area contributed by atoms with Crippen molar-refractivity contribution in [3.63, 3.8) is 0 Å². The van der Waals surface area contributed by atoms with Crippen LogP contribution in [0, 0.1) is 0 Å². The minimum absolute atomic E-state index is 1.06. The van der Waals surface area contributed by atoms with Gasteiger partial charge in [0.05, 0.1) is 0 Å². The quantitative estimate of drug-likeness (QED) is 0.225. The summed E-state index contributed by atoms with van der Waals surface area (Å²) in [5.41, 5.74) is 0. The second-order valence-electron chi connectivity index (χ2n) is 6.44. The molecule has 0 fully saturated rings. The highest BCUT2D eigenvalue weighted by Crippen LogP contribution is 2.14. The molecule has 2 heteroatoms. The average molecular weight is 300 g/mol. The van der Waals surface area contributed by atoms with E-state index in [1.54, 1.807) is 0 Å². The van der Waals surface area contributed by atoms with E-state index in [0.29, 0.717) is 0 Å². The summed E-state index contributed by atoms with van der Waals surface area (Å²) in [7, 11) is -1.58. The van der Waals surface area contributed by atoms with E-state index in [9.17, 15) is 4.80 Å². The lowest BCUT2D eigenvalue weighted by Gasteiger charge is -2.06. The van der Waals surface area contributed by atoms with Crippen LogP contribution >= 0.6 is 0 Å². The Balaban J connectivity index is 3.11. The van der Waals surface area contributed by atoms with Crippen molar-refractivity contribution in [2.24, 2.45) is 0 Å². The van der Waals surface area contributed by atoms with Gasteiger partial charge in [-0.15, -0.1) is 0 Å². The zero-order valence-electron chi connectivity index (χ0n) is 14.3. The monoisotopic (exact) mass is 299 g/mol. The van der Waals surface area contributed by atoms with Crippen molar-refractivity contribution < 1.29 is 4.80 Å². The van der Waals surface area contributed by atoms with E-state index in [1.165, 1.54) is 89.9 Å². The van der Waals surface area contributed by atoms with Gasteiger partial charge in [0.1, 0.15) is 0 Å². The molecule has 0 aromatic heterocycles. The average Bonchev–Trinajstić information content (AvgIpc) is 2.45. The molecule has 0 aliphatic carbocycles. The summed E-state index contributed by atoms with van der Waals surface area (Å²) in [4.78, 5) is 11.9. The van der Waals surface area contributed by atoms with Gasteiger partial charge in [0.25, 0.3) is 0 Å². The third-order valence-electron chi connectivity index (χ3n) is 4.26. The molecule has 0 rings (SSSR count). The van der Waals surface area contributed by atoms with Crippen LogP contribution in [0.5, 0.6) is 0 Å². The topological polar surface area (TPSA) is 19.9 Å². The van der Waals surface area contributed by atoms with Crippen LogP contribution in [0.3, 0.4) is 0 Å². The number of unbranched alkanes of at least 4 members (excludes halogenated alkanes) is 12. The molecule has 1 nitrogen and oxygen atoms in total. The Morgan fingerprint density at radius 3 is 1.15 bits per heavy atom. The molecule has 0 spiro atoms. The summed E-state index contributed by atoms with van der Waals surface area (Å²) in [5, 5.41) is 0. The van der Waals surface area contributed by atoms with Crippen molar-refractivity contribution >= 4 is 9.04 Å². The summed E-state index contributed by atoms with van der Waals surface area (Å²) in [6.07, 6.45) is 18.8. The molecule has 0 bridgehead atoms. The van der Waals surface area contributed by atoms with Crippen molar-refractivity contribution in [3.8, 4) is 0 Å². The van der Waals surface area contributed by atoms with Crippen molar-refractivity contribution in [2.45, 2.75) is 116 Å². The highest BCUT2D eigenvalue weighted by Gasteiger charge is 2.08. The molecule has 0 saturated carbocycles. The summed E-state index contributed by atoms with van der Waals surface area (Å²) in [6, 6.07) is 2.12. The molecular formula is C18H39OSi. The largest absolute Gasteiger partial charge is 0.302 e. The fraction of sp³-hybridized carbons (Fsp3) is 1.00. The second kappa shape index (κ2) is 17.2. The van der Waals surface area contributed by atoms with E-state index in [4.69, 9.17) is 0 Å². The van der Waals surface area contributed by atoms with Crippen molar-refractivity contribution in [3.05, 3.63) is 0 Å². The molecule has 0 aliphatic rings. The number of hydrogen-bond acceptors (Lipinski definition) is 0. The SMILES string of the molecule is CCCCCCCCC[SiH]([O])CCCCCCCCC. The predicted molar refractivity (Wildman–Crippen MR) is 93.4 cm³/mol. The Labute approximate surface area is 130 Å². The lowest BCUT2D eigenvalue weighted by Crippen LogP contribution is -2.08. The van der Waals surface area contributed by atoms with E-state index < -0.39 is 9.04 Å².